The second kappa shape index (κ2) is 4.65. The molecular formula is C16H18N2O. The molecule has 0 atom stereocenters. The predicted molar refractivity (Wildman–Crippen MR) is 74.4 cm³/mol. The van der Waals surface area contributed by atoms with Crippen molar-refractivity contribution in [3.8, 4) is 0 Å². The molecule has 98 valence electrons. The van der Waals surface area contributed by atoms with Crippen molar-refractivity contribution in [3.05, 3.63) is 52.8 Å². The van der Waals surface area contributed by atoms with Crippen LogP contribution >= 0.6 is 0 Å². The lowest BCUT2D eigenvalue weighted by Gasteiger charge is -2.26. The van der Waals surface area contributed by atoms with Crippen molar-refractivity contribution < 1.29 is 4.79 Å². The zero-order valence-electron chi connectivity index (χ0n) is 11.4. The topological polar surface area (TPSA) is 34.9 Å². The first-order valence-corrected chi connectivity index (χ1v) is 6.80. The van der Waals surface area contributed by atoms with E-state index in [4.69, 9.17) is 0 Å². The first-order valence-electron chi connectivity index (χ1n) is 6.80. The molecule has 0 radical (unpaired) electrons. The lowest BCUT2D eigenvalue weighted by atomic mass is 9.79. The minimum Gasteiger partial charge on any atom is -0.287 e. The number of aromatic nitrogens is 2. The first kappa shape index (κ1) is 12.2. The summed E-state index contributed by atoms with van der Waals surface area (Å²) in [6, 6.07) is 9.92. The van der Waals surface area contributed by atoms with Crippen LogP contribution in [0.4, 0.5) is 0 Å². The number of hydrogen-bond donors (Lipinski definition) is 0. The zero-order chi connectivity index (χ0) is 13.4. The van der Waals surface area contributed by atoms with E-state index in [-0.39, 0.29) is 5.78 Å². The minimum absolute atomic E-state index is 0.0595. The molecule has 3 heteroatoms. The summed E-state index contributed by atoms with van der Waals surface area (Å²) in [5, 5.41) is 4.24. The molecule has 19 heavy (non-hydrogen) atoms. The number of rotatable bonds is 3. The molecule has 0 aliphatic heterocycles. The van der Waals surface area contributed by atoms with Gasteiger partial charge in [0, 0.05) is 12.6 Å². The van der Waals surface area contributed by atoms with E-state index in [9.17, 15) is 4.79 Å². The summed E-state index contributed by atoms with van der Waals surface area (Å²) in [5.74, 6) is 0.713. The molecule has 0 N–H and O–H groups in total. The summed E-state index contributed by atoms with van der Waals surface area (Å²) in [6.45, 7) is 1.90. The highest BCUT2D eigenvalue weighted by molar-refractivity contribution is 6.08. The van der Waals surface area contributed by atoms with E-state index in [1.54, 1.807) is 4.68 Å². The number of carbonyl (C=O) groups excluding carboxylic acids is 1. The lowest BCUT2D eigenvalue weighted by Crippen LogP contribution is -2.11. The molecule has 0 amide bonds. The molecule has 1 aromatic heterocycles. The Morgan fingerprint density at radius 1 is 1.32 bits per heavy atom. The van der Waals surface area contributed by atoms with Crippen LogP contribution in [0.15, 0.2) is 30.3 Å². The fraction of sp³-hybridized carbons (Fsp3) is 0.375. The van der Waals surface area contributed by atoms with Crippen LogP contribution in [0, 0.1) is 6.92 Å². The zero-order valence-corrected chi connectivity index (χ0v) is 11.4. The summed E-state index contributed by atoms with van der Waals surface area (Å²) in [4.78, 5) is 12.5. The third kappa shape index (κ3) is 2.21. The second-order valence-corrected chi connectivity index (χ2v) is 5.38. The number of carbonyl (C=O) groups is 1. The maximum Gasteiger partial charge on any atom is 0.211 e. The highest BCUT2D eigenvalue weighted by Gasteiger charge is 2.21. The standard InChI is InChI=1S/C16H18N2O/c1-11-9-15(18(2)17-11)16(19)14-8-4-7-13(10-14)12-5-3-6-12/h4,7-10,12H,3,5-6H2,1-2H3. The molecular weight excluding hydrogens is 236 g/mol. The maximum atomic E-state index is 12.5. The summed E-state index contributed by atoms with van der Waals surface area (Å²) in [6.07, 6.45) is 3.81. The van der Waals surface area contributed by atoms with Crippen molar-refractivity contribution in [1.82, 2.24) is 9.78 Å². The molecule has 2 aromatic rings. The Labute approximate surface area is 113 Å². The van der Waals surface area contributed by atoms with Gasteiger partial charge in [0.25, 0.3) is 0 Å². The van der Waals surface area contributed by atoms with E-state index in [0.29, 0.717) is 11.6 Å². The monoisotopic (exact) mass is 254 g/mol. The van der Waals surface area contributed by atoms with E-state index >= 15 is 0 Å². The largest absolute Gasteiger partial charge is 0.287 e. The van der Waals surface area contributed by atoms with Crippen molar-refractivity contribution in [2.45, 2.75) is 32.1 Å². The first-order chi connectivity index (χ1) is 9.15. The smallest absolute Gasteiger partial charge is 0.211 e. The van der Waals surface area contributed by atoms with Crippen LogP contribution in [0.5, 0.6) is 0 Å². The number of ketones is 1. The van der Waals surface area contributed by atoms with Crippen LogP contribution in [0.3, 0.4) is 0 Å². The van der Waals surface area contributed by atoms with Crippen molar-refractivity contribution in [2.24, 2.45) is 7.05 Å². The van der Waals surface area contributed by atoms with Gasteiger partial charge in [-0.3, -0.25) is 9.48 Å². The Kier molecular flexibility index (Phi) is 2.97. The second-order valence-electron chi connectivity index (χ2n) is 5.38. The fourth-order valence-corrected chi connectivity index (χ4v) is 2.65. The van der Waals surface area contributed by atoms with Gasteiger partial charge in [0.15, 0.2) is 0 Å². The number of hydrogen-bond acceptors (Lipinski definition) is 2. The number of aryl methyl sites for hydroxylation is 2. The average Bonchev–Trinajstić information content (AvgIpc) is 2.66. The van der Waals surface area contributed by atoms with Crippen LogP contribution in [0.2, 0.25) is 0 Å². The van der Waals surface area contributed by atoms with Crippen LogP contribution in [-0.4, -0.2) is 15.6 Å². The molecule has 1 saturated carbocycles. The molecule has 0 bridgehead atoms. The van der Waals surface area contributed by atoms with Crippen LogP contribution < -0.4 is 0 Å². The minimum atomic E-state index is 0.0595. The van der Waals surface area contributed by atoms with Crippen molar-refractivity contribution >= 4 is 5.78 Å². The average molecular weight is 254 g/mol. The third-order valence-corrected chi connectivity index (χ3v) is 3.96. The highest BCUT2D eigenvalue weighted by Crippen LogP contribution is 2.36. The summed E-state index contributed by atoms with van der Waals surface area (Å²) < 4.78 is 1.66. The maximum absolute atomic E-state index is 12.5. The van der Waals surface area contributed by atoms with Gasteiger partial charge < -0.3 is 0 Å². The number of benzene rings is 1. The predicted octanol–water partition coefficient (Wildman–Crippen LogP) is 3.23. The van der Waals surface area contributed by atoms with Gasteiger partial charge in [0.2, 0.25) is 5.78 Å². The summed E-state index contributed by atoms with van der Waals surface area (Å²) in [5.41, 5.74) is 3.60. The van der Waals surface area contributed by atoms with Gasteiger partial charge in [-0.05, 0) is 43.4 Å². The van der Waals surface area contributed by atoms with Crippen LogP contribution in [-0.2, 0) is 7.05 Å². The summed E-state index contributed by atoms with van der Waals surface area (Å²) in [7, 11) is 1.82. The molecule has 3 rings (SSSR count). The molecule has 0 unspecified atom stereocenters. The number of nitrogens with zero attached hydrogens (tertiary/aromatic N) is 2. The Hall–Kier alpha value is -1.90. The molecule has 1 heterocycles. The van der Waals surface area contributed by atoms with Gasteiger partial charge in [-0.15, -0.1) is 0 Å². The van der Waals surface area contributed by atoms with Gasteiger partial charge in [-0.25, -0.2) is 0 Å². The lowest BCUT2D eigenvalue weighted by molar-refractivity contribution is 0.103. The van der Waals surface area contributed by atoms with Crippen LogP contribution in [0.1, 0.15) is 52.5 Å². The molecule has 1 fully saturated rings. The molecule has 0 saturated heterocycles. The van der Waals surface area contributed by atoms with E-state index in [1.807, 2.05) is 32.2 Å². The fourth-order valence-electron chi connectivity index (χ4n) is 2.65. The van der Waals surface area contributed by atoms with Crippen molar-refractivity contribution in [1.29, 1.82) is 0 Å². The Morgan fingerprint density at radius 2 is 2.11 bits per heavy atom. The summed E-state index contributed by atoms with van der Waals surface area (Å²) >= 11 is 0. The SMILES string of the molecule is Cc1cc(C(=O)c2cccc(C3CCC3)c2)n(C)n1. The van der Waals surface area contributed by atoms with Gasteiger partial charge in [0.05, 0.1) is 5.69 Å². The third-order valence-electron chi connectivity index (χ3n) is 3.96. The normalized spacial score (nSPS) is 15.3. The molecule has 1 aliphatic rings. The van der Waals surface area contributed by atoms with Gasteiger partial charge in [-0.2, -0.15) is 5.10 Å². The Balaban J connectivity index is 1.93. The van der Waals surface area contributed by atoms with E-state index in [1.165, 1.54) is 24.8 Å². The Morgan fingerprint density at radius 3 is 2.68 bits per heavy atom. The van der Waals surface area contributed by atoms with E-state index in [2.05, 4.69) is 17.2 Å². The van der Waals surface area contributed by atoms with Gasteiger partial charge in [0.1, 0.15) is 5.69 Å². The van der Waals surface area contributed by atoms with Crippen molar-refractivity contribution in [2.75, 3.05) is 0 Å². The van der Waals surface area contributed by atoms with Crippen molar-refractivity contribution in [3.63, 3.8) is 0 Å². The van der Waals surface area contributed by atoms with E-state index in [0.717, 1.165) is 11.3 Å². The van der Waals surface area contributed by atoms with Crippen LogP contribution in [0.25, 0.3) is 0 Å². The molecule has 1 aliphatic carbocycles. The molecule has 1 aromatic carbocycles. The van der Waals surface area contributed by atoms with Gasteiger partial charge in [-0.1, -0.05) is 24.6 Å². The van der Waals surface area contributed by atoms with E-state index < -0.39 is 0 Å². The highest BCUT2D eigenvalue weighted by atomic mass is 16.1. The Bertz CT molecular complexity index is 623. The molecule has 0 spiro atoms. The quantitative estimate of drug-likeness (QED) is 0.788. The van der Waals surface area contributed by atoms with Gasteiger partial charge >= 0.3 is 0 Å². The molecule has 3 nitrogen and oxygen atoms in total.